The van der Waals surface area contributed by atoms with Crippen molar-refractivity contribution in [3.8, 4) is 5.75 Å². The Bertz CT molecular complexity index is 1670. The van der Waals surface area contributed by atoms with Crippen LogP contribution in [0, 0.1) is 0 Å². The van der Waals surface area contributed by atoms with Crippen molar-refractivity contribution in [2.75, 3.05) is 39.6 Å². The summed E-state index contributed by atoms with van der Waals surface area (Å²) in [6, 6.07) is 34.4. The molecule has 3 heterocycles. The molecule has 2 aliphatic heterocycles. The number of carboxylic acid groups (broad SMARTS) is 1. The van der Waals surface area contributed by atoms with Gasteiger partial charge < -0.3 is 14.3 Å². The Hall–Kier alpha value is -3.92. The van der Waals surface area contributed by atoms with E-state index in [-0.39, 0.29) is 5.54 Å². The Morgan fingerprint density at radius 3 is 2.20 bits per heavy atom. The number of piperidine rings is 1. The Morgan fingerprint density at radius 1 is 0.913 bits per heavy atom. The van der Waals surface area contributed by atoms with Gasteiger partial charge in [0.05, 0.1) is 23.9 Å². The van der Waals surface area contributed by atoms with Crippen LogP contribution in [-0.2, 0) is 10.3 Å². The summed E-state index contributed by atoms with van der Waals surface area (Å²) in [5, 5.41) is 13.0. The largest absolute Gasteiger partial charge is 0.480 e. The number of carboxylic acids is 1. The van der Waals surface area contributed by atoms with Crippen LogP contribution >= 0.6 is 23.2 Å². The predicted octanol–water partition coefficient (Wildman–Crippen LogP) is 7.23. The molecular weight excluding hydrogens is 623 g/mol. The van der Waals surface area contributed by atoms with Crippen LogP contribution in [0.5, 0.6) is 5.75 Å². The standard InChI is InChI=1S/C28H30N4O.C8H6Cl2O3/c1-3-9-23(10-4-1)28(24-11-5-2-6-12-24)19-32(20-29-28)21-31-17-15-22(16-18-31)27-30-25-13-7-8-14-26(25)33-27;9-5-1-2-7(6(10)3-5)13-4-8(11)12/h1-14,22,29H,15-21H2;1-3H,4H2,(H,11,12). The van der Waals surface area contributed by atoms with E-state index in [1.807, 2.05) is 24.3 Å². The lowest BCUT2D eigenvalue weighted by molar-refractivity contribution is -0.139. The molecule has 0 saturated carbocycles. The van der Waals surface area contributed by atoms with Crippen molar-refractivity contribution in [3.05, 3.63) is 130 Å². The molecule has 10 heteroatoms. The van der Waals surface area contributed by atoms with E-state index in [0.29, 0.717) is 21.7 Å². The van der Waals surface area contributed by atoms with Crippen LogP contribution in [0.4, 0.5) is 0 Å². The molecule has 0 bridgehead atoms. The highest BCUT2D eigenvalue weighted by atomic mass is 35.5. The number of nitrogens with one attached hydrogen (secondary N) is 1. The van der Waals surface area contributed by atoms with Crippen LogP contribution in [0.15, 0.2) is 108 Å². The van der Waals surface area contributed by atoms with Gasteiger partial charge in [-0.3, -0.25) is 15.1 Å². The third-order valence-electron chi connectivity index (χ3n) is 8.49. The molecule has 0 spiro atoms. The number of hydrogen-bond acceptors (Lipinski definition) is 7. The molecular formula is C36H36Cl2N4O4. The monoisotopic (exact) mass is 658 g/mol. The molecule has 2 aliphatic rings. The molecule has 2 N–H and O–H groups in total. The number of benzene rings is 4. The highest BCUT2D eigenvalue weighted by molar-refractivity contribution is 6.35. The molecule has 0 atom stereocenters. The summed E-state index contributed by atoms with van der Waals surface area (Å²) in [6.07, 6.45) is 2.19. The van der Waals surface area contributed by atoms with Gasteiger partial charge in [0.2, 0.25) is 0 Å². The molecule has 2 fully saturated rings. The first-order chi connectivity index (χ1) is 22.4. The van der Waals surface area contributed by atoms with Crippen molar-refractivity contribution in [1.29, 1.82) is 0 Å². The highest BCUT2D eigenvalue weighted by Gasteiger charge is 2.41. The molecule has 0 amide bonds. The summed E-state index contributed by atoms with van der Waals surface area (Å²) >= 11 is 11.3. The Balaban J connectivity index is 0.000000242. The fourth-order valence-corrected chi connectivity index (χ4v) is 6.66. The number of hydrogen-bond donors (Lipinski definition) is 2. The van der Waals surface area contributed by atoms with E-state index in [1.54, 1.807) is 6.07 Å². The van der Waals surface area contributed by atoms with Gasteiger partial charge in [-0.15, -0.1) is 0 Å². The van der Waals surface area contributed by atoms with Gasteiger partial charge in [-0.1, -0.05) is 96.0 Å². The number of carbonyl (C=O) groups is 1. The number of aromatic nitrogens is 1. The Morgan fingerprint density at radius 2 is 1.57 bits per heavy atom. The molecule has 238 valence electrons. The van der Waals surface area contributed by atoms with Gasteiger partial charge in [-0.05, 0) is 54.3 Å². The van der Waals surface area contributed by atoms with Crippen LogP contribution in [0.25, 0.3) is 11.1 Å². The van der Waals surface area contributed by atoms with Gasteiger partial charge in [0.15, 0.2) is 18.1 Å². The zero-order valence-corrected chi connectivity index (χ0v) is 26.8. The maximum atomic E-state index is 10.2. The molecule has 46 heavy (non-hydrogen) atoms. The first kappa shape index (κ1) is 32.0. The lowest BCUT2D eigenvalue weighted by Crippen LogP contribution is -2.43. The second kappa shape index (κ2) is 14.7. The van der Waals surface area contributed by atoms with E-state index in [2.05, 4.69) is 75.8 Å². The molecule has 5 aromatic rings. The molecule has 0 radical (unpaired) electrons. The van der Waals surface area contributed by atoms with Crippen LogP contribution in [-0.4, -0.2) is 65.4 Å². The smallest absolute Gasteiger partial charge is 0.341 e. The van der Waals surface area contributed by atoms with Crippen molar-refractivity contribution in [1.82, 2.24) is 20.1 Å². The number of para-hydroxylation sites is 2. The lowest BCUT2D eigenvalue weighted by Gasteiger charge is -2.34. The number of rotatable bonds is 8. The van der Waals surface area contributed by atoms with E-state index in [4.69, 9.17) is 42.4 Å². The van der Waals surface area contributed by atoms with Crippen LogP contribution in [0.2, 0.25) is 10.0 Å². The van der Waals surface area contributed by atoms with Gasteiger partial charge in [0.1, 0.15) is 11.3 Å². The van der Waals surface area contributed by atoms with Gasteiger partial charge in [-0.25, -0.2) is 9.78 Å². The van der Waals surface area contributed by atoms with E-state index < -0.39 is 12.6 Å². The summed E-state index contributed by atoms with van der Waals surface area (Å²) < 4.78 is 10.9. The molecule has 7 rings (SSSR count). The van der Waals surface area contributed by atoms with Gasteiger partial charge in [0.25, 0.3) is 0 Å². The van der Waals surface area contributed by atoms with Crippen LogP contribution in [0.1, 0.15) is 35.8 Å². The Labute approximate surface area is 278 Å². The molecule has 2 saturated heterocycles. The topological polar surface area (TPSA) is 91.1 Å². The average molecular weight is 660 g/mol. The normalized spacial score (nSPS) is 17.0. The minimum atomic E-state index is -1.05. The second-order valence-electron chi connectivity index (χ2n) is 11.6. The van der Waals surface area contributed by atoms with Crippen molar-refractivity contribution in [2.24, 2.45) is 0 Å². The van der Waals surface area contributed by atoms with E-state index in [1.165, 1.54) is 23.3 Å². The molecule has 0 aliphatic carbocycles. The molecule has 8 nitrogen and oxygen atoms in total. The van der Waals surface area contributed by atoms with E-state index in [9.17, 15) is 4.79 Å². The van der Waals surface area contributed by atoms with Gasteiger partial charge in [-0.2, -0.15) is 0 Å². The first-order valence-corrected chi connectivity index (χ1v) is 16.1. The van der Waals surface area contributed by atoms with E-state index in [0.717, 1.165) is 62.8 Å². The number of nitrogens with zero attached hydrogens (tertiary/aromatic N) is 3. The minimum Gasteiger partial charge on any atom is -0.480 e. The highest BCUT2D eigenvalue weighted by Crippen LogP contribution is 2.35. The SMILES string of the molecule is O=C(O)COc1ccc(Cl)cc1Cl.c1ccc(C2(c3ccccc3)CN(CN3CCC(c4nc5ccccc5o4)CC3)CN2)cc1. The van der Waals surface area contributed by atoms with Gasteiger partial charge in [0, 0.05) is 30.6 Å². The average Bonchev–Trinajstić information content (AvgIpc) is 3.71. The van der Waals surface area contributed by atoms with Gasteiger partial charge >= 0.3 is 5.97 Å². The maximum Gasteiger partial charge on any atom is 0.341 e. The zero-order chi connectivity index (χ0) is 31.9. The Kier molecular flexibility index (Phi) is 10.2. The maximum absolute atomic E-state index is 10.2. The zero-order valence-electron chi connectivity index (χ0n) is 25.3. The molecule has 1 aromatic heterocycles. The number of halogens is 2. The third kappa shape index (κ3) is 7.54. The number of fused-ring (bicyclic) bond motifs is 1. The van der Waals surface area contributed by atoms with Crippen molar-refractivity contribution in [2.45, 2.75) is 24.3 Å². The third-order valence-corrected chi connectivity index (χ3v) is 9.02. The summed E-state index contributed by atoms with van der Waals surface area (Å²) in [5.41, 5.74) is 4.35. The molecule has 4 aromatic carbocycles. The predicted molar refractivity (Wildman–Crippen MR) is 180 cm³/mol. The van der Waals surface area contributed by atoms with Crippen molar-refractivity contribution >= 4 is 40.3 Å². The van der Waals surface area contributed by atoms with Crippen molar-refractivity contribution in [3.63, 3.8) is 0 Å². The number of aliphatic carboxylic acids is 1. The first-order valence-electron chi connectivity index (χ1n) is 15.4. The summed E-state index contributed by atoms with van der Waals surface area (Å²) in [7, 11) is 0. The number of ether oxygens (including phenoxy) is 1. The van der Waals surface area contributed by atoms with Crippen LogP contribution in [0.3, 0.4) is 0 Å². The lowest BCUT2D eigenvalue weighted by atomic mass is 9.83. The van der Waals surface area contributed by atoms with Crippen molar-refractivity contribution < 1.29 is 19.1 Å². The number of likely N-dealkylation sites (tertiary alicyclic amines) is 1. The summed E-state index contributed by atoms with van der Waals surface area (Å²) in [5.74, 6) is 0.587. The van der Waals surface area contributed by atoms with E-state index >= 15 is 0 Å². The quantitative estimate of drug-likeness (QED) is 0.180. The fourth-order valence-electron chi connectivity index (χ4n) is 6.19. The fraction of sp³-hybridized carbons (Fsp3) is 0.278. The molecule has 0 unspecified atom stereocenters. The summed E-state index contributed by atoms with van der Waals surface area (Å²) in [6.45, 7) is 4.56. The second-order valence-corrected chi connectivity index (χ2v) is 12.5. The summed E-state index contributed by atoms with van der Waals surface area (Å²) in [4.78, 5) is 20.0. The number of oxazole rings is 1. The van der Waals surface area contributed by atoms with Crippen LogP contribution < -0.4 is 10.1 Å². The minimum absolute atomic E-state index is 0.168.